The maximum Gasteiger partial charge on any atom is 0.521 e. The molecule has 4 aromatic rings. The molecular weight excluding hydrogens is 1080 g/mol. The SMILES string of the molecule is C=C(C)C(=O)OCCCCCC(=O)Oc1ccc(C2(C)CCC(C(C)(C)c3ccc(OC(=O)OC(=O)C(=C)C)cc3)CC2)cc1.C=C(C)C(=O)OCCOc1ccc(C2(C)CCC(C(C)(C)c3ccc(OCCOC(=O)C(=C)C)cc3)CC2)cc1. The molecule has 0 radical (unpaired) electrons. The topological polar surface area (TPSA) is 176 Å². The summed E-state index contributed by atoms with van der Waals surface area (Å²) in [5.74, 6) is 1.16. The number of carbonyl (C=O) groups excluding carboxylic acids is 6. The van der Waals surface area contributed by atoms with Crippen LogP contribution in [0.5, 0.6) is 23.0 Å². The lowest BCUT2D eigenvalue weighted by atomic mass is 9.60. The second kappa shape index (κ2) is 31.4. The average Bonchev–Trinajstić information content (AvgIpc) is 2.51. The van der Waals surface area contributed by atoms with E-state index in [2.05, 4.69) is 109 Å². The minimum atomic E-state index is -1.08. The summed E-state index contributed by atoms with van der Waals surface area (Å²) < 4.78 is 42.0. The fourth-order valence-corrected chi connectivity index (χ4v) is 10.9. The zero-order valence-corrected chi connectivity index (χ0v) is 52.0. The lowest BCUT2D eigenvalue weighted by Gasteiger charge is -2.44. The number of esters is 5. The van der Waals surface area contributed by atoms with Gasteiger partial charge in [-0.05, 0) is 203 Å². The molecule has 0 amide bonds. The van der Waals surface area contributed by atoms with E-state index in [-0.39, 0.29) is 52.4 Å². The first-order chi connectivity index (χ1) is 40.1. The van der Waals surface area contributed by atoms with Crippen molar-refractivity contribution in [1.29, 1.82) is 0 Å². The molecule has 6 rings (SSSR count). The first-order valence-corrected chi connectivity index (χ1v) is 29.6. The van der Waals surface area contributed by atoms with Crippen LogP contribution in [-0.2, 0) is 64.6 Å². The summed E-state index contributed by atoms with van der Waals surface area (Å²) in [6.07, 6.45) is 10.1. The summed E-state index contributed by atoms with van der Waals surface area (Å²) >= 11 is 0. The molecule has 4 aromatic carbocycles. The van der Waals surface area contributed by atoms with Crippen LogP contribution in [0, 0.1) is 11.8 Å². The van der Waals surface area contributed by atoms with Gasteiger partial charge >= 0.3 is 36.0 Å². The Labute approximate surface area is 504 Å². The van der Waals surface area contributed by atoms with Gasteiger partial charge in [-0.2, -0.15) is 0 Å². The van der Waals surface area contributed by atoms with E-state index in [4.69, 9.17) is 33.2 Å². The van der Waals surface area contributed by atoms with Crippen LogP contribution < -0.4 is 18.9 Å². The highest BCUT2D eigenvalue weighted by Crippen LogP contribution is 2.50. The van der Waals surface area contributed by atoms with Gasteiger partial charge < -0.3 is 37.9 Å². The third-order valence-corrected chi connectivity index (χ3v) is 17.0. The molecular formula is C71H90O14. The van der Waals surface area contributed by atoms with Gasteiger partial charge in [0.2, 0.25) is 0 Å². The van der Waals surface area contributed by atoms with E-state index in [1.54, 1.807) is 32.9 Å². The highest BCUT2D eigenvalue weighted by molar-refractivity contribution is 5.94. The smallest absolute Gasteiger partial charge is 0.490 e. The Balaban J connectivity index is 0.000000313. The van der Waals surface area contributed by atoms with E-state index in [9.17, 15) is 28.8 Å². The maximum absolute atomic E-state index is 12.3. The van der Waals surface area contributed by atoms with Crippen molar-refractivity contribution in [1.82, 2.24) is 0 Å². The minimum absolute atomic E-state index is 0.0298. The normalized spacial score (nSPS) is 18.4. The molecule has 0 heterocycles. The molecule has 0 spiro atoms. The molecule has 14 nitrogen and oxygen atoms in total. The van der Waals surface area contributed by atoms with Crippen LogP contribution in [0.3, 0.4) is 0 Å². The van der Waals surface area contributed by atoms with Crippen molar-refractivity contribution in [3.8, 4) is 23.0 Å². The number of unbranched alkanes of at least 4 members (excludes halogenated alkanes) is 2. The Bertz CT molecular complexity index is 2950. The first kappa shape index (κ1) is 68.0. The van der Waals surface area contributed by atoms with E-state index < -0.39 is 24.1 Å². The van der Waals surface area contributed by atoms with E-state index >= 15 is 0 Å². The Morgan fingerprint density at radius 2 is 0.776 bits per heavy atom. The van der Waals surface area contributed by atoms with Crippen molar-refractivity contribution in [2.24, 2.45) is 11.8 Å². The fraction of sp³-hybridized carbons (Fsp3) is 0.465. The summed E-state index contributed by atoms with van der Waals surface area (Å²) in [6.45, 7) is 35.6. The number of carbonyl (C=O) groups is 6. The molecule has 14 heteroatoms. The zero-order chi connectivity index (χ0) is 62.5. The summed E-state index contributed by atoms with van der Waals surface area (Å²) in [4.78, 5) is 70.0. The van der Waals surface area contributed by atoms with Crippen molar-refractivity contribution < 1.29 is 66.7 Å². The van der Waals surface area contributed by atoms with E-state index in [0.717, 1.165) is 74.8 Å². The zero-order valence-electron chi connectivity index (χ0n) is 52.0. The van der Waals surface area contributed by atoms with Gasteiger partial charge in [-0.25, -0.2) is 24.0 Å². The van der Waals surface area contributed by atoms with E-state index in [0.29, 0.717) is 79.1 Å². The van der Waals surface area contributed by atoms with Gasteiger partial charge in [-0.3, -0.25) is 4.79 Å². The molecule has 0 aliphatic heterocycles. The summed E-state index contributed by atoms with van der Waals surface area (Å²) in [6, 6.07) is 31.9. The summed E-state index contributed by atoms with van der Waals surface area (Å²) in [5, 5.41) is 0. The number of benzene rings is 4. The van der Waals surface area contributed by atoms with Gasteiger partial charge in [0.05, 0.1) is 6.61 Å². The van der Waals surface area contributed by atoms with Crippen LogP contribution in [0.25, 0.3) is 0 Å². The molecule has 458 valence electrons. The lowest BCUT2D eigenvalue weighted by Crippen LogP contribution is -2.37. The van der Waals surface area contributed by atoms with Gasteiger partial charge in [0, 0.05) is 28.7 Å². The Morgan fingerprint density at radius 1 is 0.435 bits per heavy atom. The second-order valence-corrected chi connectivity index (χ2v) is 24.5. The van der Waals surface area contributed by atoms with Crippen molar-refractivity contribution in [2.45, 2.75) is 168 Å². The number of ether oxygens (including phenoxy) is 8. The van der Waals surface area contributed by atoms with E-state index in [1.165, 1.54) is 23.6 Å². The number of hydrogen-bond donors (Lipinski definition) is 0. The first-order valence-electron chi connectivity index (χ1n) is 29.6. The molecule has 0 atom stereocenters. The van der Waals surface area contributed by atoms with Crippen molar-refractivity contribution in [3.05, 3.63) is 168 Å². The third-order valence-electron chi connectivity index (χ3n) is 17.0. The van der Waals surface area contributed by atoms with Crippen LogP contribution in [0.15, 0.2) is 146 Å². The van der Waals surface area contributed by atoms with Gasteiger partial charge in [-0.15, -0.1) is 0 Å². The van der Waals surface area contributed by atoms with E-state index in [1.807, 2.05) is 48.5 Å². The molecule has 85 heavy (non-hydrogen) atoms. The molecule has 0 saturated heterocycles. The van der Waals surface area contributed by atoms with Crippen LogP contribution >= 0.6 is 0 Å². The van der Waals surface area contributed by atoms with Crippen molar-refractivity contribution in [3.63, 3.8) is 0 Å². The average molecular weight is 1170 g/mol. The van der Waals surface area contributed by atoms with Gasteiger partial charge in [0.25, 0.3) is 0 Å². The van der Waals surface area contributed by atoms with Crippen LogP contribution in [0.2, 0.25) is 0 Å². The van der Waals surface area contributed by atoms with Crippen LogP contribution in [-0.4, -0.2) is 69.0 Å². The number of rotatable bonds is 26. The quantitative estimate of drug-likeness (QED) is 0.0110. The van der Waals surface area contributed by atoms with Crippen molar-refractivity contribution in [2.75, 3.05) is 33.0 Å². The van der Waals surface area contributed by atoms with Crippen LogP contribution in [0.4, 0.5) is 4.79 Å². The van der Waals surface area contributed by atoms with Crippen molar-refractivity contribution >= 4 is 36.0 Å². The predicted molar refractivity (Wildman–Crippen MR) is 330 cm³/mol. The molecule has 2 saturated carbocycles. The Kier molecular flexibility index (Phi) is 25.1. The van der Waals surface area contributed by atoms with Gasteiger partial charge in [0.15, 0.2) is 0 Å². The largest absolute Gasteiger partial charge is 0.521 e. The molecule has 0 bridgehead atoms. The molecule has 2 aliphatic carbocycles. The standard InChI is InChI=1S/C37H46O8.C34H44O6/c1-25(2)33(39)42-24-10-8-9-11-32(38)43-30-18-14-29(15-19-30)37(7)22-20-28(21-23-37)36(5,6)27-12-16-31(17-13-27)44-35(41)45-34(40)26(3)4;1-24(2)31(35)39-22-20-37-29-12-8-26(9-13-29)33(5,6)27-16-18-34(7,19-17-27)28-10-14-30(15-11-28)38-21-23-40-32(36)25(3)4/h12-19,28H,1,3,8-11,20-24H2,2,4-7H3;8-15,27H,1,3,16-23H2,2,4-7H3. The summed E-state index contributed by atoms with van der Waals surface area (Å²) in [5.41, 5.74) is 6.40. The van der Waals surface area contributed by atoms with Gasteiger partial charge in [-0.1, -0.05) is 116 Å². The Hall–Kier alpha value is -7.74. The number of hydrogen-bond acceptors (Lipinski definition) is 14. The monoisotopic (exact) mass is 1170 g/mol. The minimum Gasteiger partial charge on any atom is -0.490 e. The highest BCUT2D eigenvalue weighted by atomic mass is 16.7. The molecule has 0 unspecified atom stereocenters. The summed E-state index contributed by atoms with van der Waals surface area (Å²) in [7, 11) is 0. The fourth-order valence-electron chi connectivity index (χ4n) is 10.9. The highest BCUT2D eigenvalue weighted by Gasteiger charge is 2.41. The van der Waals surface area contributed by atoms with Crippen LogP contribution in [0.1, 0.15) is 169 Å². The predicted octanol–water partition coefficient (Wildman–Crippen LogP) is 15.4. The second-order valence-electron chi connectivity index (χ2n) is 24.5. The Morgan fingerprint density at radius 3 is 1.16 bits per heavy atom. The maximum atomic E-state index is 12.3. The van der Waals surface area contributed by atoms with Gasteiger partial charge in [0.1, 0.15) is 49.4 Å². The molecule has 0 aromatic heterocycles. The molecule has 0 N–H and O–H groups in total. The molecule has 2 aliphatic rings. The third kappa shape index (κ3) is 20.5. The molecule has 2 fully saturated rings. The lowest BCUT2D eigenvalue weighted by molar-refractivity contribution is -0.140.